The average Bonchev–Trinajstić information content (AvgIpc) is 2.98. The molecule has 0 spiro atoms. The number of benzene rings is 3. The van der Waals surface area contributed by atoms with E-state index in [2.05, 4.69) is 20.6 Å². The van der Waals surface area contributed by atoms with Crippen molar-refractivity contribution in [1.82, 2.24) is 4.98 Å². The van der Waals surface area contributed by atoms with E-state index in [0.29, 0.717) is 11.3 Å². The number of nitrogens with one attached hydrogen (secondary N) is 2. The number of sulfone groups is 1. The van der Waals surface area contributed by atoms with Gasteiger partial charge in [-0.3, -0.25) is 9.78 Å². The van der Waals surface area contributed by atoms with Crippen molar-refractivity contribution in [2.75, 3.05) is 17.7 Å². The summed E-state index contributed by atoms with van der Waals surface area (Å²) >= 11 is 12.1. The number of nitrogens with zero attached hydrogens (tertiary/aromatic N) is 2. The second kappa shape index (κ2) is 13.5. The number of aliphatic imine (C=N–C) groups is 1. The molecule has 0 aliphatic heterocycles. The zero-order chi connectivity index (χ0) is 30.3. The SMILES string of the molecule is COC(=O)[C@H](Cc1ccc(NC(=O)c2c(Cl)cncc2Cl)cc1)N=C(N)Nc1ccccc1S(=O)(=O)c1ccccc1. The van der Waals surface area contributed by atoms with Gasteiger partial charge < -0.3 is 21.1 Å². The summed E-state index contributed by atoms with van der Waals surface area (Å²) in [6.45, 7) is 0. The van der Waals surface area contributed by atoms with E-state index < -0.39 is 27.8 Å². The van der Waals surface area contributed by atoms with Crippen molar-refractivity contribution < 1.29 is 22.7 Å². The monoisotopic (exact) mass is 625 g/mol. The van der Waals surface area contributed by atoms with E-state index in [1.54, 1.807) is 60.7 Å². The molecule has 42 heavy (non-hydrogen) atoms. The Kier molecular flexibility index (Phi) is 9.79. The maximum absolute atomic E-state index is 13.2. The highest BCUT2D eigenvalue weighted by Crippen LogP contribution is 2.28. The Morgan fingerprint density at radius 3 is 2.19 bits per heavy atom. The molecule has 0 radical (unpaired) electrons. The van der Waals surface area contributed by atoms with Gasteiger partial charge in [-0.05, 0) is 42.0 Å². The molecule has 4 rings (SSSR count). The smallest absolute Gasteiger partial charge is 0.331 e. The van der Waals surface area contributed by atoms with Crippen molar-refractivity contribution in [2.45, 2.75) is 22.3 Å². The number of hydrogen-bond acceptors (Lipinski definition) is 7. The molecule has 0 aliphatic carbocycles. The van der Waals surface area contributed by atoms with Crippen LogP contribution in [0.5, 0.6) is 0 Å². The number of carbonyl (C=O) groups excluding carboxylic acids is 2. The number of rotatable bonds is 9. The van der Waals surface area contributed by atoms with E-state index in [-0.39, 0.29) is 43.5 Å². The summed E-state index contributed by atoms with van der Waals surface area (Å²) < 4.78 is 31.4. The average molecular weight is 627 g/mol. The predicted octanol–water partition coefficient (Wildman–Crippen LogP) is 4.98. The minimum Gasteiger partial charge on any atom is -0.467 e. The Balaban J connectivity index is 1.51. The number of para-hydroxylation sites is 1. The summed E-state index contributed by atoms with van der Waals surface area (Å²) in [5, 5.41) is 5.74. The van der Waals surface area contributed by atoms with Gasteiger partial charge >= 0.3 is 5.97 Å². The van der Waals surface area contributed by atoms with Crippen LogP contribution < -0.4 is 16.4 Å². The first kappa shape index (κ1) is 30.5. The Labute approximate surface area is 252 Å². The number of anilines is 2. The van der Waals surface area contributed by atoms with Crippen molar-refractivity contribution in [3.05, 3.63) is 112 Å². The van der Waals surface area contributed by atoms with E-state index in [1.165, 1.54) is 37.7 Å². The summed E-state index contributed by atoms with van der Waals surface area (Å²) in [5.41, 5.74) is 7.56. The minimum absolute atomic E-state index is 0.00375. The topological polar surface area (TPSA) is 153 Å². The lowest BCUT2D eigenvalue weighted by molar-refractivity contribution is -0.142. The molecule has 3 aromatic carbocycles. The normalized spacial score (nSPS) is 12.3. The second-order valence-corrected chi connectivity index (χ2v) is 11.6. The Morgan fingerprint density at radius 2 is 1.55 bits per heavy atom. The van der Waals surface area contributed by atoms with Gasteiger partial charge in [0.15, 0.2) is 12.0 Å². The van der Waals surface area contributed by atoms with Crippen LogP contribution >= 0.6 is 23.2 Å². The van der Waals surface area contributed by atoms with Crippen molar-refractivity contribution >= 4 is 62.2 Å². The molecule has 1 heterocycles. The van der Waals surface area contributed by atoms with Crippen LogP contribution in [0, 0.1) is 0 Å². The Bertz CT molecular complexity index is 1710. The van der Waals surface area contributed by atoms with Crippen molar-refractivity contribution in [1.29, 1.82) is 0 Å². The van der Waals surface area contributed by atoms with Crippen LogP contribution in [0.3, 0.4) is 0 Å². The molecule has 0 aliphatic rings. The van der Waals surface area contributed by atoms with Gasteiger partial charge in [0.2, 0.25) is 9.84 Å². The lowest BCUT2D eigenvalue weighted by atomic mass is 10.1. The predicted molar refractivity (Wildman–Crippen MR) is 162 cm³/mol. The summed E-state index contributed by atoms with van der Waals surface area (Å²) in [5.74, 6) is -1.34. The largest absolute Gasteiger partial charge is 0.467 e. The molecule has 0 fully saturated rings. The quantitative estimate of drug-likeness (QED) is 0.134. The van der Waals surface area contributed by atoms with Gasteiger partial charge in [-0.15, -0.1) is 0 Å². The number of pyridine rings is 1. The summed E-state index contributed by atoms with van der Waals surface area (Å²) in [7, 11) is -2.63. The molecule has 13 heteroatoms. The molecular formula is C29H25Cl2N5O5S. The molecule has 10 nitrogen and oxygen atoms in total. The molecule has 4 N–H and O–H groups in total. The van der Waals surface area contributed by atoms with Crippen LogP contribution in [-0.2, 0) is 25.8 Å². The van der Waals surface area contributed by atoms with Crippen molar-refractivity contribution in [3.63, 3.8) is 0 Å². The second-order valence-electron chi connectivity index (χ2n) is 8.82. The van der Waals surface area contributed by atoms with Gasteiger partial charge in [0, 0.05) is 24.5 Å². The molecule has 0 saturated carbocycles. The maximum Gasteiger partial charge on any atom is 0.331 e. The van der Waals surface area contributed by atoms with Gasteiger partial charge in [-0.2, -0.15) is 0 Å². The maximum atomic E-state index is 13.2. The molecular weight excluding hydrogens is 601 g/mol. The molecule has 4 aromatic rings. The third kappa shape index (κ3) is 7.24. The third-order valence-corrected chi connectivity index (χ3v) is 8.38. The van der Waals surface area contributed by atoms with Crippen LogP contribution in [0.4, 0.5) is 11.4 Å². The molecule has 0 saturated heterocycles. The van der Waals surface area contributed by atoms with Gasteiger partial charge in [-0.1, -0.05) is 65.7 Å². The first-order chi connectivity index (χ1) is 20.1. The van der Waals surface area contributed by atoms with E-state index in [9.17, 15) is 18.0 Å². The lowest BCUT2D eigenvalue weighted by Crippen LogP contribution is -2.31. The van der Waals surface area contributed by atoms with E-state index in [1.807, 2.05) is 0 Å². The van der Waals surface area contributed by atoms with Crippen LogP contribution in [0.2, 0.25) is 10.0 Å². The highest BCUT2D eigenvalue weighted by atomic mass is 35.5. The van der Waals surface area contributed by atoms with Gasteiger partial charge in [0.05, 0.1) is 38.2 Å². The summed E-state index contributed by atoms with van der Waals surface area (Å²) in [6.07, 6.45) is 2.75. The molecule has 1 amide bonds. The van der Waals surface area contributed by atoms with Crippen molar-refractivity contribution in [2.24, 2.45) is 10.7 Å². The summed E-state index contributed by atoms with van der Waals surface area (Å²) in [4.78, 5) is 33.4. The fraction of sp³-hybridized carbons (Fsp3) is 0.103. The Hall–Kier alpha value is -4.45. The number of halogens is 2. The summed E-state index contributed by atoms with van der Waals surface area (Å²) in [6, 6.07) is 19.8. The van der Waals surface area contributed by atoms with Gasteiger partial charge in [-0.25, -0.2) is 18.2 Å². The van der Waals surface area contributed by atoms with Crippen LogP contribution in [0.25, 0.3) is 0 Å². The lowest BCUT2D eigenvalue weighted by Gasteiger charge is -2.15. The number of guanidine groups is 1. The van der Waals surface area contributed by atoms with Crippen LogP contribution in [-0.4, -0.2) is 44.4 Å². The number of ether oxygens (including phenoxy) is 1. The zero-order valence-electron chi connectivity index (χ0n) is 22.1. The van der Waals surface area contributed by atoms with Gasteiger partial charge in [0.1, 0.15) is 0 Å². The number of esters is 1. The third-order valence-electron chi connectivity index (χ3n) is 5.98. The minimum atomic E-state index is -3.86. The van der Waals surface area contributed by atoms with Gasteiger partial charge in [0.25, 0.3) is 5.91 Å². The van der Waals surface area contributed by atoms with E-state index in [0.717, 1.165) is 0 Å². The fourth-order valence-corrected chi connectivity index (χ4v) is 5.93. The number of nitrogens with two attached hydrogens (primary N) is 1. The van der Waals surface area contributed by atoms with E-state index in [4.69, 9.17) is 33.7 Å². The van der Waals surface area contributed by atoms with Crippen molar-refractivity contribution in [3.8, 4) is 0 Å². The number of hydrogen-bond donors (Lipinski definition) is 3. The number of methoxy groups -OCH3 is 1. The van der Waals surface area contributed by atoms with Crippen LogP contribution in [0.1, 0.15) is 15.9 Å². The van der Waals surface area contributed by atoms with E-state index >= 15 is 0 Å². The highest BCUT2D eigenvalue weighted by molar-refractivity contribution is 7.91. The number of carbonyl (C=O) groups is 2. The molecule has 0 bridgehead atoms. The molecule has 216 valence electrons. The number of aromatic nitrogens is 1. The first-order valence-electron chi connectivity index (χ1n) is 12.4. The molecule has 0 unspecified atom stereocenters. The molecule has 1 aromatic heterocycles. The van der Waals surface area contributed by atoms with Crippen LogP contribution in [0.15, 0.2) is 106 Å². The fourth-order valence-electron chi connectivity index (χ4n) is 3.96. The highest BCUT2D eigenvalue weighted by Gasteiger charge is 2.23. The first-order valence-corrected chi connectivity index (χ1v) is 14.6. The number of amides is 1. The zero-order valence-corrected chi connectivity index (χ0v) is 24.5. The molecule has 1 atom stereocenters. The Morgan fingerprint density at radius 1 is 0.929 bits per heavy atom. The standard InChI is InChI=1S/C29H25Cl2N5O5S/c1-41-28(38)24(15-18-11-13-19(14-12-18)34-27(37)26-21(30)16-33-17-22(26)31)36-29(32)35-23-9-5-6-10-25(23)42(39,40)20-7-3-2-4-8-20/h2-14,16-17,24H,15H2,1H3,(H,34,37)(H3,32,35,36)/t24-/m0/s1.